The van der Waals surface area contributed by atoms with Gasteiger partial charge in [0.15, 0.2) is 6.29 Å². The molecule has 30 heavy (non-hydrogen) atoms. The van der Waals surface area contributed by atoms with Crippen molar-refractivity contribution < 1.29 is 14.3 Å². The average Bonchev–Trinajstić information content (AvgIpc) is 3.00. The van der Waals surface area contributed by atoms with E-state index in [9.17, 15) is 4.79 Å². The van der Waals surface area contributed by atoms with Gasteiger partial charge in [-0.05, 0) is 80.2 Å². The lowest BCUT2D eigenvalue weighted by Crippen LogP contribution is -2.43. The number of rotatable bonds is 4. The van der Waals surface area contributed by atoms with Gasteiger partial charge in [0.2, 0.25) is 0 Å². The summed E-state index contributed by atoms with van der Waals surface area (Å²) in [5.41, 5.74) is 2.65. The summed E-state index contributed by atoms with van der Waals surface area (Å²) in [6, 6.07) is 5.77. The number of amides is 1. The van der Waals surface area contributed by atoms with Crippen molar-refractivity contribution >= 4 is 39.3 Å². The summed E-state index contributed by atoms with van der Waals surface area (Å²) in [6.07, 6.45) is 8.20. The van der Waals surface area contributed by atoms with Crippen LogP contribution in [0, 0.1) is 0 Å². The summed E-state index contributed by atoms with van der Waals surface area (Å²) in [7, 11) is 0. The summed E-state index contributed by atoms with van der Waals surface area (Å²) in [5.74, 6) is 0.621. The fourth-order valence-corrected chi connectivity index (χ4v) is 4.16. The summed E-state index contributed by atoms with van der Waals surface area (Å²) < 4.78 is 12.5. The summed E-state index contributed by atoms with van der Waals surface area (Å²) in [6.45, 7) is 7.13. The first kappa shape index (κ1) is 21.2. The summed E-state index contributed by atoms with van der Waals surface area (Å²) in [4.78, 5) is 24.1. The number of hydrogen-bond acceptors (Lipinski definition) is 5. The van der Waals surface area contributed by atoms with Crippen LogP contribution in [0.15, 0.2) is 35.1 Å². The minimum atomic E-state index is -0.382. The third-order valence-electron chi connectivity index (χ3n) is 5.20. The first-order valence-corrected chi connectivity index (χ1v) is 11.0. The van der Waals surface area contributed by atoms with Crippen molar-refractivity contribution in [3.8, 4) is 0 Å². The molecule has 1 amide bonds. The van der Waals surface area contributed by atoms with Crippen molar-refractivity contribution in [2.45, 2.75) is 58.5 Å². The van der Waals surface area contributed by atoms with Crippen molar-refractivity contribution in [2.24, 2.45) is 0 Å². The predicted molar refractivity (Wildman–Crippen MR) is 120 cm³/mol. The van der Waals surface area contributed by atoms with E-state index in [4.69, 9.17) is 9.47 Å². The first-order valence-electron chi connectivity index (χ1n) is 10.2. The molecule has 1 unspecified atom stereocenters. The van der Waals surface area contributed by atoms with Gasteiger partial charge in [-0.3, -0.25) is 14.7 Å². The fraction of sp³-hybridized carbons (Fsp3) is 0.435. The zero-order valence-electron chi connectivity index (χ0n) is 17.5. The molecule has 6 nitrogen and oxygen atoms in total. The molecule has 0 saturated carbocycles. The first-order chi connectivity index (χ1) is 14.3. The van der Waals surface area contributed by atoms with Crippen LogP contribution in [0.4, 0.5) is 5.82 Å². The number of hydrogen-bond donors (Lipinski definition) is 0. The molecule has 0 aromatic carbocycles. The standard InChI is InChI=1S/C23H26BrN3O3/c1-23(2,3)27-21-17(7-6-9-25-21)18(22(27)28)12-19-15(11-16(24)13-26-19)14-30-20-8-4-5-10-29-20/h6-7,9,11-13,20H,4-5,8,10,14H2,1-3H3. The number of aromatic nitrogens is 2. The molecular formula is C23H26BrN3O3. The van der Waals surface area contributed by atoms with Gasteiger partial charge >= 0.3 is 0 Å². The maximum atomic E-state index is 13.3. The smallest absolute Gasteiger partial charge is 0.260 e. The minimum absolute atomic E-state index is 0.0663. The lowest BCUT2D eigenvalue weighted by atomic mass is 10.1. The number of anilines is 1. The zero-order valence-corrected chi connectivity index (χ0v) is 19.1. The topological polar surface area (TPSA) is 64.6 Å². The van der Waals surface area contributed by atoms with Crippen molar-refractivity contribution in [3.05, 3.63) is 51.9 Å². The Bertz CT molecular complexity index is 978. The number of ether oxygens (including phenoxy) is 2. The molecule has 1 fully saturated rings. The maximum absolute atomic E-state index is 13.3. The molecule has 1 atom stereocenters. The van der Waals surface area contributed by atoms with Gasteiger partial charge in [0.1, 0.15) is 5.82 Å². The van der Waals surface area contributed by atoms with Gasteiger partial charge in [0.25, 0.3) is 5.91 Å². The number of carbonyl (C=O) groups is 1. The van der Waals surface area contributed by atoms with Crippen LogP contribution in [0.25, 0.3) is 11.6 Å². The Hall–Kier alpha value is -2.09. The van der Waals surface area contributed by atoms with Crippen LogP contribution in [0.5, 0.6) is 0 Å². The van der Waals surface area contributed by atoms with Gasteiger partial charge in [-0.1, -0.05) is 0 Å². The van der Waals surface area contributed by atoms with Crippen LogP contribution >= 0.6 is 15.9 Å². The van der Waals surface area contributed by atoms with Crippen molar-refractivity contribution in [2.75, 3.05) is 11.5 Å². The van der Waals surface area contributed by atoms with Gasteiger partial charge in [-0.15, -0.1) is 0 Å². The highest BCUT2D eigenvalue weighted by Crippen LogP contribution is 2.40. The summed E-state index contributed by atoms with van der Waals surface area (Å²) in [5, 5.41) is 0. The molecule has 1 saturated heterocycles. The molecule has 0 N–H and O–H groups in total. The molecule has 2 aromatic heterocycles. The Morgan fingerprint density at radius 3 is 2.90 bits per heavy atom. The average molecular weight is 472 g/mol. The number of fused-ring (bicyclic) bond motifs is 1. The van der Waals surface area contributed by atoms with E-state index in [1.165, 1.54) is 0 Å². The lowest BCUT2D eigenvalue weighted by Gasteiger charge is -2.31. The quantitative estimate of drug-likeness (QED) is 0.589. The van der Waals surface area contributed by atoms with Crippen LogP contribution in [-0.2, 0) is 20.9 Å². The summed E-state index contributed by atoms with van der Waals surface area (Å²) >= 11 is 3.49. The van der Waals surface area contributed by atoms with E-state index in [0.29, 0.717) is 23.7 Å². The van der Waals surface area contributed by atoms with Crippen LogP contribution in [0.3, 0.4) is 0 Å². The Balaban J connectivity index is 1.68. The molecule has 2 aliphatic heterocycles. The highest BCUT2D eigenvalue weighted by molar-refractivity contribution is 9.10. The number of halogens is 1. The largest absolute Gasteiger partial charge is 0.353 e. The van der Waals surface area contributed by atoms with Crippen LogP contribution in [-0.4, -0.2) is 34.3 Å². The highest BCUT2D eigenvalue weighted by atomic mass is 79.9. The second-order valence-electron chi connectivity index (χ2n) is 8.55. The Morgan fingerprint density at radius 2 is 2.17 bits per heavy atom. The van der Waals surface area contributed by atoms with E-state index in [2.05, 4.69) is 25.9 Å². The second-order valence-corrected chi connectivity index (χ2v) is 9.46. The predicted octanol–water partition coefficient (Wildman–Crippen LogP) is 4.97. The monoisotopic (exact) mass is 471 g/mol. The third kappa shape index (κ3) is 4.33. The molecule has 0 spiro atoms. The Labute approximate surface area is 185 Å². The number of pyridine rings is 2. The second kappa shape index (κ2) is 8.57. The highest BCUT2D eigenvalue weighted by Gasteiger charge is 2.40. The number of nitrogens with zero attached hydrogens (tertiary/aromatic N) is 3. The zero-order chi connectivity index (χ0) is 21.3. The lowest BCUT2D eigenvalue weighted by molar-refractivity contribution is -0.169. The molecule has 4 heterocycles. The molecular weight excluding hydrogens is 446 g/mol. The molecule has 158 valence electrons. The van der Waals surface area contributed by atoms with Gasteiger partial charge in [0.05, 0.1) is 17.9 Å². The van der Waals surface area contributed by atoms with Crippen LogP contribution in [0.1, 0.15) is 56.9 Å². The van der Waals surface area contributed by atoms with E-state index >= 15 is 0 Å². The third-order valence-corrected chi connectivity index (χ3v) is 5.64. The van der Waals surface area contributed by atoms with Crippen LogP contribution < -0.4 is 4.90 Å². The van der Waals surface area contributed by atoms with Gasteiger partial charge < -0.3 is 9.47 Å². The normalized spacial score (nSPS) is 20.7. The van der Waals surface area contributed by atoms with Gasteiger partial charge in [-0.2, -0.15) is 0 Å². The van der Waals surface area contributed by atoms with Crippen molar-refractivity contribution in [1.82, 2.24) is 9.97 Å². The van der Waals surface area contributed by atoms with Crippen LogP contribution in [0.2, 0.25) is 0 Å². The fourth-order valence-electron chi connectivity index (χ4n) is 3.78. The SMILES string of the molecule is CC(C)(C)N1C(=O)C(=Cc2ncc(Br)cc2COC2CCCCO2)c2cccnc21. The van der Waals surface area contributed by atoms with E-state index in [-0.39, 0.29) is 17.7 Å². The van der Waals surface area contributed by atoms with Crippen molar-refractivity contribution in [3.63, 3.8) is 0 Å². The Kier molecular flexibility index (Phi) is 6.04. The molecule has 7 heteroatoms. The van der Waals surface area contributed by atoms with E-state index in [0.717, 1.165) is 41.5 Å². The number of carbonyl (C=O) groups excluding carboxylic acids is 1. The molecule has 0 bridgehead atoms. The van der Waals surface area contributed by atoms with E-state index in [1.807, 2.05) is 45.0 Å². The molecule has 2 aliphatic rings. The van der Waals surface area contributed by atoms with Gasteiger partial charge in [-0.25, -0.2) is 4.98 Å². The van der Waals surface area contributed by atoms with Gasteiger partial charge in [0, 0.05) is 40.1 Å². The Morgan fingerprint density at radius 1 is 1.33 bits per heavy atom. The molecule has 0 radical (unpaired) electrons. The minimum Gasteiger partial charge on any atom is -0.353 e. The van der Waals surface area contributed by atoms with E-state index < -0.39 is 0 Å². The maximum Gasteiger partial charge on any atom is 0.260 e. The molecule has 0 aliphatic carbocycles. The van der Waals surface area contributed by atoms with E-state index in [1.54, 1.807) is 17.3 Å². The van der Waals surface area contributed by atoms with Crippen molar-refractivity contribution in [1.29, 1.82) is 0 Å². The molecule has 2 aromatic rings. The molecule has 4 rings (SSSR count).